The summed E-state index contributed by atoms with van der Waals surface area (Å²) >= 11 is 0. The van der Waals surface area contributed by atoms with E-state index >= 15 is 0 Å². The van der Waals surface area contributed by atoms with Gasteiger partial charge in [-0.05, 0) is 31.4 Å². The van der Waals surface area contributed by atoms with Crippen LogP contribution in [-0.2, 0) is 11.2 Å². The third kappa shape index (κ3) is 3.74. The maximum absolute atomic E-state index is 12.9. The number of aromatic amines is 1. The summed E-state index contributed by atoms with van der Waals surface area (Å²) < 4.78 is 0. The Morgan fingerprint density at radius 3 is 2.89 bits per heavy atom. The second-order valence-corrected chi connectivity index (χ2v) is 7.99. The van der Waals surface area contributed by atoms with Gasteiger partial charge in [-0.1, -0.05) is 12.1 Å². The fraction of sp³-hybridized carbons (Fsp3) is 0.476. The fourth-order valence-electron chi connectivity index (χ4n) is 4.52. The lowest BCUT2D eigenvalue weighted by Crippen LogP contribution is -2.55. The van der Waals surface area contributed by atoms with Crippen molar-refractivity contribution in [3.05, 3.63) is 48.0 Å². The highest BCUT2D eigenvalue weighted by atomic mass is 16.3. The van der Waals surface area contributed by atoms with Gasteiger partial charge in [0.15, 0.2) is 0 Å². The number of carbonyl (C=O) groups is 2. The third-order valence-corrected chi connectivity index (χ3v) is 6.04. The molecule has 0 unspecified atom stereocenters. The number of para-hydroxylation sites is 1. The highest BCUT2D eigenvalue weighted by Crippen LogP contribution is 2.39. The first-order chi connectivity index (χ1) is 13.6. The zero-order chi connectivity index (χ0) is 19.6. The van der Waals surface area contributed by atoms with Crippen LogP contribution in [0.5, 0.6) is 5.75 Å². The van der Waals surface area contributed by atoms with E-state index in [9.17, 15) is 14.7 Å². The van der Waals surface area contributed by atoms with E-state index in [-0.39, 0.29) is 23.0 Å². The topological polar surface area (TPSA) is 89.5 Å². The number of amides is 2. The lowest BCUT2D eigenvalue weighted by Gasteiger charge is -2.48. The number of hydrogen-bond donors (Lipinski definition) is 2. The number of imidazole rings is 1. The number of aromatic nitrogens is 2. The minimum absolute atomic E-state index is 0.0205. The van der Waals surface area contributed by atoms with Gasteiger partial charge in [-0.15, -0.1) is 0 Å². The van der Waals surface area contributed by atoms with E-state index in [1.165, 1.54) is 0 Å². The molecule has 1 aromatic heterocycles. The van der Waals surface area contributed by atoms with E-state index in [1.54, 1.807) is 36.8 Å². The Morgan fingerprint density at radius 2 is 2.11 bits per heavy atom. The zero-order valence-electron chi connectivity index (χ0n) is 15.9. The van der Waals surface area contributed by atoms with Crippen LogP contribution in [0.2, 0.25) is 0 Å². The molecule has 2 aliphatic heterocycles. The van der Waals surface area contributed by atoms with Gasteiger partial charge in [-0.3, -0.25) is 9.59 Å². The van der Waals surface area contributed by atoms with Crippen LogP contribution in [0, 0.1) is 5.41 Å². The standard InChI is InChI=1S/C21H26N4O3/c26-18-5-2-1-4-17(18)20(28)25-10-3-8-21(14-25)9-6-19(27)24(13-21)11-7-16-12-22-15-23-16/h1-2,4-5,12,15,26H,3,6-11,13-14H2,(H,22,23)/t21-/m0/s1. The average molecular weight is 382 g/mol. The van der Waals surface area contributed by atoms with Crippen LogP contribution in [0.15, 0.2) is 36.8 Å². The molecule has 1 atom stereocenters. The Bertz CT molecular complexity index is 851. The molecule has 7 nitrogen and oxygen atoms in total. The molecule has 1 aromatic carbocycles. The van der Waals surface area contributed by atoms with Crippen LogP contribution in [0.1, 0.15) is 41.7 Å². The predicted octanol–water partition coefficient (Wildman–Crippen LogP) is 2.20. The van der Waals surface area contributed by atoms with Crippen molar-refractivity contribution >= 4 is 11.8 Å². The highest BCUT2D eigenvalue weighted by Gasteiger charge is 2.42. The Kier molecular flexibility index (Phi) is 5.07. The summed E-state index contributed by atoms with van der Waals surface area (Å²) in [4.78, 5) is 36.3. The number of benzene rings is 1. The van der Waals surface area contributed by atoms with Gasteiger partial charge in [-0.25, -0.2) is 4.98 Å². The van der Waals surface area contributed by atoms with Gasteiger partial charge in [0.05, 0.1) is 11.9 Å². The third-order valence-electron chi connectivity index (χ3n) is 6.04. The first kappa shape index (κ1) is 18.5. The van der Waals surface area contributed by atoms with E-state index in [4.69, 9.17) is 0 Å². The molecule has 2 aliphatic rings. The molecule has 0 aliphatic carbocycles. The summed E-state index contributed by atoms with van der Waals surface area (Å²) in [6.45, 7) is 2.67. The Morgan fingerprint density at radius 1 is 1.25 bits per heavy atom. The molecule has 2 N–H and O–H groups in total. The number of carbonyl (C=O) groups excluding carboxylic acids is 2. The maximum Gasteiger partial charge on any atom is 0.257 e. The number of nitrogens with one attached hydrogen (secondary N) is 1. The molecule has 1 spiro atoms. The van der Waals surface area contributed by atoms with Crippen molar-refractivity contribution in [1.29, 1.82) is 0 Å². The van der Waals surface area contributed by atoms with Crippen LogP contribution >= 0.6 is 0 Å². The van der Waals surface area contributed by atoms with Crippen LogP contribution in [0.25, 0.3) is 0 Å². The van der Waals surface area contributed by atoms with E-state index in [0.717, 1.165) is 31.4 Å². The number of likely N-dealkylation sites (tertiary alicyclic amines) is 2. The fourth-order valence-corrected chi connectivity index (χ4v) is 4.52. The molecule has 0 saturated carbocycles. The van der Waals surface area contributed by atoms with Crippen molar-refractivity contribution in [2.45, 2.75) is 32.1 Å². The summed E-state index contributed by atoms with van der Waals surface area (Å²) in [7, 11) is 0. The summed E-state index contributed by atoms with van der Waals surface area (Å²) in [5.41, 5.74) is 1.31. The minimum Gasteiger partial charge on any atom is -0.507 e. The number of nitrogens with zero attached hydrogens (tertiary/aromatic N) is 3. The first-order valence-electron chi connectivity index (χ1n) is 9.89. The minimum atomic E-state index is -0.127. The lowest BCUT2D eigenvalue weighted by molar-refractivity contribution is -0.138. The second-order valence-electron chi connectivity index (χ2n) is 7.99. The van der Waals surface area contributed by atoms with E-state index < -0.39 is 0 Å². The largest absolute Gasteiger partial charge is 0.507 e. The maximum atomic E-state index is 12.9. The van der Waals surface area contributed by atoms with Crippen LogP contribution in [0.4, 0.5) is 0 Å². The van der Waals surface area contributed by atoms with Crippen molar-refractivity contribution in [2.75, 3.05) is 26.2 Å². The Balaban J connectivity index is 1.45. The van der Waals surface area contributed by atoms with E-state index in [0.29, 0.717) is 38.2 Å². The molecule has 4 rings (SSSR count). The predicted molar refractivity (Wildman–Crippen MR) is 104 cm³/mol. The molecule has 7 heteroatoms. The van der Waals surface area contributed by atoms with E-state index in [1.807, 2.05) is 9.80 Å². The van der Waals surface area contributed by atoms with Crippen LogP contribution in [0.3, 0.4) is 0 Å². The number of piperidine rings is 2. The van der Waals surface area contributed by atoms with Crippen molar-refractivity contribution in [2.24, 2.45) is 5.41 Å². The number of phenols is 1. The quantitative estimate of drug-likeness (QED) is 0.848. The number of phenolic OH excluding ortho intramolecular Hbond substituents is 1. The summed E-state index contributed by atoms with van der Waals surface area (Å²) in [5.74, 6) is 0.0829. The van der Waals surface area contributed by atoms with Crippen LogP contribution in [-0.4, -0.2) is 62.9 Å². The van der Waals surface area contributed by atoms with Gasteiger partial charge >= 0.3 is 0 Å². The molecule has 0 bridgehead atoms. The van der Waals surface area contributed by atoms with Gasteiger partial charge in [0, 0.05) is 56.3 Å². The number of hydrogen-bond acceptors (Lipinski definition) is 4. The smallest absolute Gasteiger partial charge is 0.257 e. The lowest BCUT2D eigenvalue weighted by atomic mass is 9.73. The zero-order valence-corrected chi connectivity index (χ0v) is 15.9. The summed E-state index contributed by atoms with van der Waals surface area (Å²) in [6.07, 6.45) is 7.48. The number of rotatable bonds is 4. The molecule has 148 valence electrons. The van der Waals surface area contributed by atoms with Gasteiger partial charge < -0.3 is 19.9 Å². The SMILES string of the molecule is O=C1CC[C@@]2(CCCN(C(=O)c3ccccc3O)C2)CN1CCc1cnc[nH]1. The molecule has 2 fully saturated rings. The summed E-state index contributed by atoms with van der Waals surface area (Å²) in [6, 6.07) is 6.70. The number of aromatic hydroxyl groups is 1. The Hall–Kier alpha value is -2.83. The van der Waals surface area contributed by atoms with Gasteiger partial charge in [0.1, 0.15) is 5.75 Å². The van der Waals surface area contributed by atoms with Gasteiger partial charge in [0.2, 0.25) is 5.91 Å². The molecule has 28 heavy (non-hydrogen) atoms. The molecular weight excluding hydrogens is 356 g/mol. The van der Waals surface area contributed by atoms with Crippen LogP contribution < -0.4 is 0 Å². The monoisotopic (exact) mass is 382 g/mol. The van der Waals surface area contributed by atoms with Crippen molar-refractivity contribution in [3.8, 4) is 5.75 Å². The van der Waals surface area contributed by atoms with Gasteiger partial charge in [-0.2, -0.15) is 0 Å². The molecule has 3 heterocycles. The van der Waals surface area contributed by atoms with Crippen molar-refractivity contribution < 1.29 is 14.7 Å². The average Bonchev–Trinajstić information content (AvgIpc) is 3.23. The molecule has 2 aromatic rings. The van der Waals surface area contributed by atoms with Crippen molar-refractivity contribution in [3.63, 3.8) is 0 Å². The normalized spacial score (nSPS) is 22.6. The molecule has 2 saturated heterocycles. The molecule has 2 amide bonds. The molecular formula is C21H26N4O3. The van der Waals surface area contributed by atoms with Crippen molar-refractivity contribution in [1.82, 2.24) is 19.8 Å². The highest BCUT2D eigenvalue weighted by molar-refractivity contribution is 5.96. The van der Waals surface area contributed by atoms with E-state index in [2.05, 4.69) is 9.97 Å². The van der Waals surface area contributed by atoms with Gasteiger partial charge in [0.25, 0.3) is 5.91 Å². The number of H-pyrrole nitrogens is 1. The molecule has 0 radical (unpaired) electrons. The summed E-state index contributed by atoms with van der Waals surface area (Å²) in [5, 5.41) is 10.0. The second kappa shape index (κ2) is 7.66. The Labute approximate surface area is 164 Å². The first-order valence-corrected chi connectivity index (χ1v) is 9.89.